The molecule has 0 unspecified atom stereocenters. The minimum atomic E-state index is -0.0171. The van der Waals surface area contributed by atoms with Gasteiger partial charge < -0.3 is 10.6 Å². The first kappa shape index (κ1) is 20.0. The molecular formula is C14H24Cl2N4O. The first-order valence-electron chi connectivity index (χ1n) is 6.80. The molecule has 120 valence electrons. The summed E-state index contributed by atoms with van der Waals surface area (Å²) in [6.45, 7) is 8.93. The van der Waals surface area contributed by atoms with E-state index in [1.807, 2.05) is 4.90 Å². The van der Waals surface area contributed by atoms with Gasteiger partial charge in [-0.15, -0.1) is 24.8 Å². The summed E-state index contributed by atoms with van der Waals surface area (Å²) >= 11 is 0. The van der Waals surface area contributed by atoms with Gasteiger partial charge in [-0.05, 0) is 18.1 Å². The summed E-state index contributed by atoms with van der Waals surface area (Å²) in [6, 6.07) is 5.18. The zero-order valence-corrected chi connectivity index (χ0v) is 14.1. The molecular weight excluding hydrogens is 311 g/mol. The fourth-order valence-electron chi connectivity index (χ4n) is 2.38. The van der Waals surface area contributed by atoms with E-state index in [0.29, 0.717) is 17.4 Å². The van der Waals surface area contributed by atoms with E-state index >= 15 is 0 Å². The fourth-order valence-corrected chi connectivity index (χ4v) is 2.38. The van der Waals surface area contributed by atoms with Gasteiger partial charge in [0.15, 0.2) is 0 Å². The van der Waals surface area contributed by atoms with Gasteiger partial charge in [-0.2, -0.15) is 0 Å². The van der Waals surface area contributed by atoms with Gasteiger partial charge in [0.05, 0.1) is 0 Å². The molecule has 1 aromatic heterocycles. The summed E-state index contributed by atoms with van der Waals surface area (Å²) in [6.07, 6.45) is 0. The number of hydrogen-bond acceptors (Lipinski definition) is 4. The number of piperazine rings is 1. The third-order valence-electron chi connectivity index (χ3n) is 3.27. The Morgan fingerprint density at radius 3 is 2.38 bits per heavy atom. The quantitative estimate of drug-likeness (QED) is 0.917. The Labute approximate surface area is 138 Å². The Kier molecular flexibility index (Phi) is 8.63. The number of carbonyl (C=O) groups excluding carboxylic acids is 1. The molecule has 1 aliphatic rings. The fraction of sp³-hybridized carbons (Fsp3) is 0.571. The van der Waals surface area contributed by atoms with Crippen molar-refractivity contribution in [1.29, 1.82) is 0 Å². The van der Waals surface area contributed by atoms with Crippen molar-refractivity contribution in [1.82, 2.24) is 14.8 Å². The lowest BCUT2D eigenvalue weighted by Gasteiger charge is -2.35. The topological polar surface area (TPSA) is 62.5 Å². The highest BCUT2D eigenvalue weighted by Gasteiger charge is 2.23. The van der Waals surface area contributed by atoms with Gasteiger partial charge in [0.25, 0.3) is 5.91 Å². The molecule has 21 heavy (non-hydrogen) atoms. The highest BCUT2D eigenvalue weighted by molar-refractivity contribution is 5.92. The number of nitrogens with two attached hydrogens (primary N) is 1. The zero-order valence-electron chi connectivity index (χ0n) is 12.5. The SMILES string of the molecule is CC(C)CN1CCN(C(=O)c2cccc(N)n2)CC1.Cl.Cl. The van der Waals surface area contributed by atoms with Gasteiger partial charge in [-0.3, -0.25) is 9.69 Å². The molecule has 1 fully saturated rings. The third-order valence-corrected chi connectivity index (χ3v) is 3.27. The van der Waals surface area contributed by atoms with Crippen molar-refractivity contribution in [2.45, 2.75) is 13.8 Å². The number of rotatable bonds is 3. The van der Waals surface area contributed by atoms with E-state index < -0.39 is 0 Å². The molecule has 2 rings (SSSR count). The molecule has 0 radical (unpaired) electrons. The molecule has 0 aromatic carbocycles. The third kappa shape index (κ3) is 5.69. The smallest absolute Gasteiger partial charge is 0.272 e. The molecule has 7 heteroatoms. The van der Waals surface area contributed by atoms with Crippen LogP contribution >= 0.6 is 24.8 Å². The average molecular weight is 335 g/mol. The lowest BCUT2D eigenvalue weighted by molar-refractivity contribution is 0.0618. The van der Waals surface area contributed by atoms with Crippen molar-refractivity contribution < 1.29 is 4.79 Å². The van der Waals surface area contributed by atoms with Crippen LogP contribution in [0.3, 0.4) is 0 Å². The van der Waals surface area contributed by atoms with Crippen LogP contribution in [0.5, 0.6) is 0 Å². The van der Waals surface area contributed by atoms with Crippen LogP contribution in [-0.4, -0.2) is 53.4 Å². The second-order valence-electron chi connectivity index (χ2n) is 5.43. The average Bonchev–Trinajstić information content (AvgIpc) is 2.38. The molecule has 1 aliphatic heterocycles. The molecule has 1 aromatic rings. The van der Waals surface area contributed by atoms with Gasteiger partial charge in [0.1, 0.15) is 11.5 Å². The molecule has 0 aliphatic carbocycles. The summed E-state index contributed by atoms with van der Waals surface area (Å²) in [5.41, 5.74) is 6.05. The highest BCUT2D eigenvalue weighted by atomic mass is 35.5. The Balaban J connectivity index is 0.00000200. The number of anilines is 1. The Morgan fingerprint density at radius 2 is 1.86 bits per heavy atom. The van der Waals surface area contributed by atoms with Crippen LogP contribution in [0.15, 0.2) is 18.2 Å². The number of halogens is 2. The van der Waals surface area contributed by atoms with Crippen LogP contribution in [0.1, 0.15) is 24.3 Å². The minimum Gasteiger partial charge on any atom is -0.384 e. The van der Waals surface area contributed by atoms with Crippen LogP contribution in [0.25, 0.3) is 0 Å². The Hall–Kier alpha value is -1.04. The van der Waals surface area contributed by atoms with Gasteiger partial charge >= 0.3 is 0 Å². The van der Waals surface area contributed by atoms with E-state index in [-0.39, 0.29) is 30.7 Å². The summed E-state index contributed by atoms with van der Waals surface area (Å²) in [4.78, 5) is 20.6. The van der Waals surface area contributed by atoms with Crippen LogP contribution < -0.4 is 5.73 Å². The van der Waals surface area contributed by atoms with Crippen molar-refractivity contribution in [3.8, 4) is 0 Å². The largest absolute Gasteiger partial charge is 0.384 e. The maximum Gasteiger partial charge on any atom is 0.272 e. The van der Waals surface area contributed by atoms with Gasteiger partial charge in [0, 0.05) is 32.7 Å². The van der Waals surface area contributed by atoms with Crippen molar-refractivity contribution in [2.75, 3.05) is 38.5 Å². The van der Waals surface area contributed by atoms with Crippen LogP contribution in [0, 0.1) is 5.92 Å². The number of hydrogen-bond donors (Lipinski definition) is 1. The van der Waals surface area contributed by atoms with Crippen molar-refractivity contribution >= 4 is 36.5 Å². The number of pyridine rings is 1. The number of carbonyl (C=O) groups is 1. The zero-order chi connectivity index (χ0) is 13.8. The van der Waals surface area contributed by atoms with Gasteiger partial charge in [0.2, 0.25) is 0 Å². The molecule has 1 saturated heterocycles. The molecule has 1 amide bonds. The second-order valence-corrected chi connectivity index (χ2v) is 5.43. The number of nitrogen functional groups attached to an aromatic ring is 1. The summed E-state index contributed by atoms with van der Waals surface area (Å²) < 4.78 is 0. The highest BCUT2D eigenvalue weighted by Crippen LogP contribution is 2.09. The lowest BCUT2D eigenvalue weighted by Crippen LogP contribution is -2.49. The molecule has 0 atom stereocenters. The lowest BCUT2D eigenvalue weighted by atomic mass is 10.2. The maximum absolute atomic E-state index is 12.3. The van der Waals surface area contributed by atoms with Crippen molar-refractivity contribution in [3.05, 3.63) is 23.9 Å². The predicted octanol–water partition coefficient (Wildman–Crippen LogP) is 1.92. The standard InChI is InChI=1S/C14H22N4O.2ClH/c1-11(2)10-17-6-8-18(9-7-17)14(19)12-4-3-5-13(15)16-12;;/h3-5,11H,6-10H2,1-2H3,(H2,15,16);2*1H. The molecule has 2 N–H and O–H groups in total. The number of amides is 1. The number of aromatic nitrogens is 1. The number of nitrogens with zero attached hydrogens (tertiary/aromatic N) is 3. The van der Waals surface area contributed by atoms with E-state index in [9.17, 15) is 4.79 Å². The van der Waals surface area contributed by atoms with E-state index in [0.717, 1.165) is 32.7 Å². The van der Waals surface area contributed by atoms with Crippen LogP contribution in [0.4, 0.5) is 5.82 Å². The summed E-state index contributed by atoms with van der Waals surface area (Å²) in [5.74, 6) is 1.04. The molecule has 0 spiro atoms. The second kappa shape index (κ2) is 9.07. The summed E-state index contributed by atoms with van der Waals surface area (Å²) in [7, 11) is 0. The van der Waals surface area contributed by atoms with E-state index in [1.165, 1.54) is 0 Å². The predicted molar refractivity (Wildman–Crippen MR) is 90.3 cm³/mol. The monoisotopic (exact) mass is 334 g/mol. The Morgan fingerprint density at radius 1 is 1.24 bits per heavy atom. The summed E-state index contributed by atoms with van der Waals surface area (Å²) in [5, 5.41) is 0. The maximum atomic E-state index is 12.3. The first-order valence-corrected chi connectivity index (χ1v) is 6.80. The van der Waals surface area contributed by atoms with Gasteiger partial charge in [-0.25, -0.2) is 4.98 Å². The van der Waals surface area contributed by atoms with E-state index in [4.69, 9.17) is 5.73 Å². The minimum absolute atomic E-state index is 0. The normalized spacial score (nSPS) is 15.3. The van der Waals surface area contributed by atoms with E-state index in [2.05, 4.69) is 23.7 Å². The van der Waals surface area contributed by atoms with Gasteiger partial charge in [-0.1, -0.05) is 19.9 Å². The Bertz CT molecular complexity index is 448. The van der Waals surface area contributed by atoms with Crippen LogP contribution in [-0.2, 0) is 0 Å². The van der Waals surface area contributed by atoms with E-state index in [1.54, 1.807) is 18.2 Å². The first-order chi connectivity index (χ1) is 9.06. The molecule has 2 heterocycles. The molecule has 0 saturated carbocycles. The molecule has 5 nitrogen and oxygen atoms in total. The van der Waals surface area contributed by atoms with Crippen molar-refractivity contribution in [3.63, 3.8) is 0 Å². The van der Waals surface area contributed by atoms with Crippen LogP contribution in [0.2, 0.25) is 0 Å². The van der Waals surface area contributed by atoms with Crippen molar-refractivity contribution in [2.24, 2.45) is 5.92 Å². The molecule has 0 bridgehead atoms.